The van der Waals surface area contributed by atoms with E-state index >= 15 is 0 Å². The zero-order valence-corrected chi connectivity index (χ0v) is 12.7. The van der Waals surface area contributed by atoms with E-state index in [2.05, 4.69) is 9.80 Å². The van der Waals surface area contributed by atoms with Gasteiger partial charge in [0, 0.05) is 45.8 Å². The Labute approximate surface area is 127 Å². The van der Waals surface area contributed by atoms with Crippen LogP contribution in [0.25, 0.3) is 0 Å². The summed E-state index contributed by atoms with van der Waals surface area (Å²) in [5.74, 6) is 0.917. The number of β-amino-alcohol motifs (C(OH)–C–C–N with tert-alkyl or cyclic N) is 1. The van der Waals surface area contributed by atoms with Gasteiger partial charge in [-0.2, -0.15) is 0 Å². The van der Waals surface area contributed by atoms with Gasteiger partial charge in [-0.1, -0.05) is 12.1 Å². The monoisotopic (exact) mass is 293 g/mol. The van der Waals surface area contributed by atoms with Crippen LogP contribution in [-0.4, -0.2) is 67.4 Å². The number of piperazine rings is 1. The van der Waals surface area contributed by atoms with E-state index in [1.54, 1.807) is 0 Å². The van der Waals surface area contributed by atoms with E-state index in [9.17, 15) is 0 Å². The molecule has 21 heavy (non-hydrogen) atoms. The first-order valence-corrected chi connectivity index (χ1v) is 7.79. The maximum Gasteiger partial charge on any atom is 0.119 e. The number of ether oxygens (including phenoxy) is 1. The van der Waals surface area contributed by atoms with Crippen LogP contribution in [0.5, 0.6) is 5.75 Å². The van der Waals surface area contributed by atoms with Crippen molar-refractivity contribution in [1.82, 2.24) is 9.80 Å². The summed E-state index contributed by atoms with van der Waals surface area (Å²) in [5, 5.41) is 8.92. The number of hydrogen-bond acceptors (Lipinski definition) is 5. The molecule has 1 aromatic rings. The Kier molecular flexibility index (Phi) is 6.95. The molecule has 0 unspecified atom stereocenters. The summed E-state index contributed by atoms with van der Waals surface area (Å²) < 4.78 is 5.75. The molecule has 0 aliphatic carbocycles. The molecular formula is C16H27N3O2. The van der Waals surface area contributed by atoms with Crippen LogP contribution >= 0.6 is 0 Å². The van der Waals surface area contributed by atoms with E-state index < -0.39 is 0 Å². The van der Waals surface area contributed by atoms with Crippen molar-refractivity contribution in [3.63, 3.8) is 0 Å². The van der Waals surface area contributed by atoms with Gasteiger partial charge >= 0.3 is 0 Å². The third kappa shape index (κ3) is 5.63. The molecule has 1 fully saturated rings. The van der Waals surface area contributed by atoms with Gasteiger partial charge in [0.15, 0.2) is 0 Å². The van der Waals surface area contributed by atoms with Crippen molar-refractivity contribution in [2.45, 2.75) is 13.0 Å². The number of aliphatic hydroxyl groups is 1. The number of benzene rings is 1. The Morgan fingerprint density at radius 2 is 1.62 bits per heavy atom. The van der Waals surface area contributed by atoms with E-state index in [4.69, 9.17) is 15.6 Å². The van der Waals surface area contributed by atoms with Gasteiger partial charge in [-0.15, -0.1) is 0 Å². The van der Waals surface area contributed by atoms with Crippen LogP contribution in [0.1, 0.15) is 12.0 Å². The zero-order chi connectivity index (χ0) is 14.9. The van der Waals surface area contributed by atoms with E-state index in [0.717, 1.165) is 63.6 Å². The third-order valence-corrected chi connectivity index (χ3v) is 3.93. The highest BCUT2D eigenvalue weighted by Gasteiger charge is 2.15. The van der Waals surface area contributed by atoms with E-state index in [1.165, 1.54) is 0 Å². The SMILES string of the molecule is NCc1ccc(OCCCN2CCN(CCO)CC2)cc1. The Hall–Kier alpha value is -1.14. The summed E-state index contributed by atoms with van der Waals surface area (Å²) in [7, 11) is 0. The van der Waals surface area contributed by atoms with Crippen molar-refractivity contribution in [2.75, 3.05) is 52.5 Å². The maximum atomic E-state index is 8.92. The van der Waals surface area contributed by atoms with Crippen LogP contribution in [0, 0.1) is 0 Å². The van der Waals surface area contributed by atoms with Crippen molar-refractivity contribution >= 4 is 0 Å². The largest absolute Gasteiger partial charge is 0.494 e. The first-order chi connectivity index (χ1) is 10.3. The second kappa shape index (κ2) is 9.00. The first-order valence-electron chi connectivity index (χ1n) is 7.79. The fraction of sp³-hybridized carbons (Fsp3) is 0.625. The number of rotatable bonds is 8. The highest BCUT2D eigenvalue weighted by atomic mass is 16.5. The molecule has 2 rings (SSSR count). The summed E-state index contributed by atoms with van der Waals surface area (Å²) >= 11 is 0. The lowest BCUT2D eigenvalue weighted by atomic mass is 10.2. The lowest BCUT2D eigenvalue weighted by Crippen LogP contribution is -2.47. The Balaban J connectivity index is 1.57. The van der Waals surface area contributed by atoms with Gasteiger partial charge < -0.3 is 20.5 Å². The Morgan fingerprint density at radius 1 is 1.00 bits per heavy atom. The molecule has 1 heterocycles. The second-order valence-corrected chi connectivity index (χ2v) is 5.46. The van der Waals surface area contributed by atoms with Crippen LogP contribution < -0.4 is 10.5 Å². The molecule has 5 nitrogen and oxygen atoms in total. The predicted octanol–water partition coefficient (Wildman–Crippen LogP) is 0.524. The fourth-order valence-electron chi connectivity index (χ4n) is 2.58. The standard InChI is InChI=1S/C16H27N3O2/c17-14-15-2-4-16(5-3-15)21-13-1-6-18-7-9-19(10-8-18)11-12-20/h2-5,20H,1,6-14,17H2. The molecule has 1 saturated heterocycles. The van der Waals surface area contributed by atoms with Gasteiger partial charge in [0.2, 0.25) is 0 Å². The van der Waals surface area contributed by atoms with E-state index in [0.29, 0.717) is 6.54 Å². The van der Waals surface area contributed by atoms with Gasteiger partial charge in [0.1, 0.15) is 5.75 Å². The summed E-state index contributed by atoms with van der Waals surface area (Å²) in [4.78, 5) is 4.78. The second-order valence-electron chi connectivity index (χ2n) is 5.46. The normalized spacial score (nSPS) is 17.0. The summed E-state index contributed by atoms with van der Waals surface area (Å²) in [6, 6.07) is 7.98. The average Bonchev–Trinajstić information content (AvgIpc) is 2.54. The molecule has 118 valence electrons. The van der Waals surface area contributed by atoms with Crippen molar-refractivity contribution in [1.29, 1.82) is 0 Å². The average molecular weight is 293 g/mol. The van der Waals surface area contributed by atoms with Gasteiger partial charge in [-0.05, 0) is 24.1 Å². The van der Waals surface area contributed by atoms with Gasteiger partial charge in [-0.25, -0.2) is 0 Å². The minimum absolute atomic E-state index is 0.261. The highest BCUT2D eigenvalue weighted by molar-refractivity contribution is 5.26. The van der Waals surface area contributed by atoms with E-state index in [-0.39, 0.29) is 6.61 Å². The number of nitrogens with zero attached hydrogens (tertiary/aromatic N) is 2. The predicted molar refractivity (Wildman–Crippen MR) is 84.4 cm³/mol. The van der Waals surface area contributed by atoms with Crippen LogP contribution in [0.2, 0.25) is 0 Å². The summed E-state index contributed by atoms with van der Waals surface area (Å²) in [6.07, 6.45) is 1.04. The molecule has 1 aromatic carbocycles. The number of aliphatic hydroxyl groups excluding tert-OH is 1. The Bertz CT molecular complexity index is 389. The van der Waals surface area contributed by atoms with Crippen molar-refractivity contribution < 1.29 is 9.84 Å². The molecule has 0 atom stereocenters. The van der Waals surface area contributed by atoms with Gasteiger partial charge in [-0.3, -0.25) is 4.90 Å². The van der Waals surface area contributed by atoms with Crippen LogP contribution in [0.15, 0.2) is 24.3 Å². The van der Waals surface area contributed by atoms with Crippen LogP contribution in [0.3, 0.4) is 0 Å². The quantitative estimate of drug-likeness (QED) is 0.685. The smallest absolute Gasteiger partial charge is 0.119 e. The highest BCUT2D eigenvalue weighted by Crippen LogP contribution is 2.12. The molecule has 0 saturated carbocycles. The zero-order valence-electron chi connectivity index (χ0n) is 12.7. The topological polar surface area (TPSA) is 62.0 Å². The maximum absolute atomic E-state index is 8.92. The van der Waals surface area contributed by atoms with Gasteiger partial charge in [0.05, 0.1) is 13.2 Å². The Morgan fingerprint density at radius 3 is 2.19 bits per heavy atom. The molecule has 0 radical (unpaired) electrons. The van der Waals surface area contributed by atoms with Crippen molar-refractivity contribution in [2.24, 2.45) is 5.73 Å². The molecule has 0 aromatic heterocycles. The molecule has 0 spiro atoms. The van der Waals surface area contributed by atoms with Crippen LogP contribution in [-0.2, 0) is 6.54 Å². The van der Waals surface area contributed by atoms with Gasteiger partial charge in [0.25, 0.3) is 0 Å². The van der Waals surface area contributed by atoms with Crippen molar-refractivity contribution in [3.05, 3.63) is 29.8 Å². The molecular weight excluding hydrogens is 266 g/mol. The number of nitrogens with two attached hydrogens (primary N) is 1. The molecule has 5 heteroatoms. The first kappa shape index (κ1) is 16.2. The van der Waals surface area contributed by atoms with E-state index in [1.807, 2.05) is 24.3 Å². The van der Waals surface area contributed by atoms with Crippen molar-refractivity contribution in [3.8, 4) is 5.75 Å². The molecule has 1 aliphatic heterocycles. The molecule has 3 N–H and O–H groups in total. The minimum atomic E-state index is 0.261. The molecule has 1 aliphatic rings. The molecule has 0 amide bonds. The lowest BCUT2D eigenvalue weighted by molar-refractivity contribution is 0.108. The third-order valence-electron chi connectivity index (χ3n) is 3.93. The lowest BCUT2D eigenvalue weighted by Gasteiger charge is -2.34. The number of hydrogen-bond donors (Lipinski definition) is 2. The minimum Gasteiger partial charge on any atom is -0.494 e. The fourth-order valence-corrected chi connectivity index (χ4v) is 2.58. The summed E-state index contributed by atoms with van der Waals surface area (Å²) in [6.45, 7) is 7.75. The summed E-state index contributed by atoms with van der Waals surface area (Å²) in [5.41, 5.74) is 6.70. The van der Waals surface area contributed by atoms with Crippen LogP contribution in [0.4, 0.5) is 0 Å². The molecule has 0 bridgehead atoms.